The maximum atomic E-state index is 12.4. The second kappa shape index (κ2) is 10.6. The molecule has 2 aromatic rings. The van der Waals surface area contributed by atoms with E-state index < -0.39 is 6.29 Å². The third-order valence-corrected chi connectivity index (χ3v) is 3.82. The van der Waals surface area contributed by atoms with E-state index in [4.69, 9.17) is 14.2 Å². The number of hydrogen-bond acceptors (Lipinski definition) is 6. The Hall–Kier alpha value is -2.45. The minimum absolute atomic E-state index is 0.111. The fourth-order valence-corrected chi connectivity index (χ4v) is 2.33. The maximum absolute atomic E-state index is 12.4. The summed E-state index contributed by atoms with van der Waals surface area (Å²) < 4.78 is 18.3. The van der Waals surface area contributed by atoms with E-state index in [0.717, 1.165) is 6.42 Å². The van der Waals surface area contributed by atoms with Gasteiger partial charge >= 0.3 is 0 Å². The van der Waals surface area contributed by atoms with Crippen LogP contribution in [0.2, 0.25) is 0 Å². The van der Waals surface area contributed by atoms with E-state index in [0.29, 0.717) is 31.2 Å². The van der Waals surface area contributed by atoms with Crippen LogP contribution in [0.4, 0.5) is 5.69 Å². The molecule has 0 radical (unpaired) electrons. The summed E-state index contributed by atoms with van der Waals surface area (Å²) in [5.74, 6) is 0.369. The Bertz CT molecular complexity index is 713. The molecule has 1 heterocycles. The molecule has 0 saturated carbocycles. The Morgan fingerprint density at radius 1 is 1.22 bits per heavy atom. The molecule has 148 valence electrons. The average molecular weight is 376 g/mol. The van der Waals surface area contributed by atoms with Crippen LogP contribution in [0.25, 0.3) is 0 Å². The van der Waals surface area contributed by atoms with E-state index in [2.05, 4.69) is 22.6 Å². The first-order valence-corrected chi connectivity index (χ1v) is 9.27. The lowest BCUT2D eigenvalue weighted by Gasteiger charge is -2.16. The van der Waals surface area contributed by atoms with Gasteiger partial charge in [-0.2, -0.15) is 0 Å². The highest BCUT2D eigenvalue weighted by Crippen LogP contribution is 2.19. The van der Waals surface area contributed by atoms with Gasteiger partial charge < -0.3 is 19.5 Å². The maximum Gasteiger partial charge on any atom is 0.277 e. The smallest absolute Gasteiger partial charge is 0.277 e. The molecular formula is C19H28N4O4. The van der Waals surface area contributed by atoms with Crippen LogP contribution < -0.4 is 10.1 Å². The number of carbonyl (C=O) groups is 1. The summed E-state index contributed by atoms with van der Waals surface area (Å²) in [5.41, 5.74) is 0.854. The summed E-state index contributed by atoms with van der Waals surface area (Å²) in [4.78, 5) is 12.4. The van der Waals surface area contributed by atoms with Crippen LogP contribution >= 0.6 is 0 Å². The summed E-state index contributed by atoms with van der Waals surface area (Å²) in [6.07, 6.45) is 2.16. The number of benzene rings is 1. The Balaban J connectivity index is 1.98. The predicted octanol–water partition coefficient (Wildman–Crippen LogP) is 3.11. The number of anilines is 1. The van der Waals surface area contributed by atoms with Gasteiger partial charge in [-0.3, -0.25) is 4.79 Å². The SMILES string of the molecule is CCOC(Cn1cc(C(=O)Nc2cccc(OC(C)CC)c2)nn1)OCC. The van der Waals surface area contributed by atoms with Gasteiger partial charge in [0.1, 0.15) is 5.75 Å². The van der Waals surface area contributed by atoms with Crippen molar-refractivity contribution in [2.45, 2.75) is 53.1 Å². The van der Waals surface area contributed by atoms with Crippen LogP contribution in [0.15, 0.2) is 30.5 Å². The molecule has 0 aliphatic heterocycles. The molecular weight excluding hydrogens is 348 g/mol. The van der Waals surface area contributed by atoms with Gasteiger partial charge in [0.05, 0.1) is 18.8 Å². The van der Waals surface area contributed by atoms with Crippen LogP contribution in [0.3, 0.4) is 0 Å². The molecule has 2 rings (SSSR count). The molecule has 0 aliphatic carbocycles. The van der Waals surface area contributed by atoms with Crippen LogP contribution in [0, 0.1) is 0 Å². The molecule has 1 aromatic carbocycles. The first-order valence-electron chi connectivity index (χ1n) is 9.27. The van der Waals surface area contributed by atoms with Gasteiger partial charge in [0.25, 0.3) is 5.91 Å². The standard InChI is InChI=1S/C19H28N4O4/c1-5-14(4)27-16-10-8-9-15(11-16)20-19(24)17-12-23(22-21-17)13-18(25-6-2)26-7-3/h8-12,14,18H,5-7,13H2,1-4H3,(H,20,24). The number of amides is 1. The van der Waals surface area contributed by atoms with Crippen molar-refractivity contribution in [1.82, 2.24) is 15.0 Å². The zero-order valence-corrected chi connectivity index (χ0v) is 16.3. The van der Waals surface area contributed by atoms with E-state index in [1.807, 2.05) is 32.9 Å². The number of hydrogen-bond donors (Lipinski definition) is 1. The number of nitrogens with zero attached hydrogens (tertiary/aromatic N) is 3. The number of carbonyl (C=O) groups excluding carboxylic acids is 1. The first kappa shape index (κ1) is 20.9. The molecule has 0 saturated heterocycles. The third kappa shape index (κ3) is 6.65. The van der Waals surface area contributed by atoms with Gasteiger partial charge in [-0.1, -0.05) is 18.2 Å². The van der Waals surface area contributed by atoms with Crippen molar-refractivity contribution in [2.24, 2.45) is 0 Å². The minimum Gasteiger partial charge on any atom is -0.491 e. The summed E-state index contributed by atoms with van der Waals surface area (Å²) in [6, 6.07) is 7.28. The fraction of sp³-hybridized carbons (Fsp3) is 0.526. The van der Waals surface area contributed by atoms with Crippen molar-refractivity contribution in [3.05, 3.63) is 36.2 Å². The third-order valence-electron chi connectivity index (χ3n) is 3.82. The molecule has 1 atom stereocenters. The monoisotopic (exact) mass is 376 g/mol. The topological polar surface area (TPSA) is 87.5 Å². The van der Waals surface area contributed by atoms with Crippen molar-refractivity contribution in [1.29, 1.82) is 0 Å². The summed E-state index contributed by atoms with van der Waals surface area (Å²) in [5, 5.41) is 10.7. The average Bonchev–Trinajstić information content (AvgIpc) is 3.11. The predicted molar refractivity (Wildman–Crippen MR) is 102 cm³/mol. The Morgan fingerprint density at radius 2 is 1.96 bits per heavy atom. The second-order valence-electron chi connectivity index (χ2n) is 5.98. The largest absolute Gasteiger partial charge is 0.491 e. The lowest BCUT2D eigenvalue weighted by atomic mass is 10.2. The second-order valence-corrected chi connectivity index (χ2v) is 5.98. The molecule has 1 N–H and O–H groups in total. The van der Waals surface area contributed by atoms with Gasteiger partial charge in [0.2, 0.25) is 0 Å². The quantitative estimate of drug-likeness (QED) is 0.606. The number of nitrogens with one attached hydrogen (secondary N) is 1. The Labute approximate surface area is 159 Å². The molecule has 8 nitrogen and oxygen atoms in total. The van der Waals surface area contributed by atoms with Gasteiger partial charge in [0, 0.05) is 25.0 Å². The Kier molecular flexibility index (Phi) is 8.22. The number of aromatic nitrogens is 3. The molecule has 27 heavy (non-hydrogen) atoms. The highest BCUT2D eigenvalue weighted by atomic mass is 16.7. The molecule has 1 unspecified atom stereocenters. The Morgan fingerprint density at radius 3 is 2.63 bits per heavy atom. The highest BCUT2D eigenvalue weighted by molar-refractivity contribution is 6.02. The molecule has 0 aliphatic rings. The molecule has 0 bridgehead atoms. The first-order chi connectivity index (χ1) is 13.0. The van der Waals surface area contributed by atoms with E-state index in [1.165, 1.54) is 4.68 Å². The number of ether oxygens (including phenoxy) is 3. The summed E-state index contributed by atoms with van der Waals surface area (Å²) in [6.45, 7) is 9.27. The molecule has 1 amide bonds. The fourth-order valence-electron chi connectivity index (χ4n) is 2.33. The van der Waals surface area contributed by atoms with E-state index in [9.17, 15) is 4.79 Å². The van der Waals surface area contributed by atoms with Gasteiger partial charge in [0.15, 0.2) is 12.0 Å². The molecule has 0 spiro atoms. The van der Waals surface area contributed by atoms with Crippen LogP contribution in [-0.2, 0) is 16.0 Å². The lowest BCUT2D eigenvalue weighted by molar-refractivity contribution is -0.145. The molecule has 8 heteroatoms. The zero-order valence-electron chi connectivity index (χ0n) is 16.3. The van der Waals surface area contributed by atoms with Crippen molar-refractivity contribution in [3.63, 3.8) is 0 Å². The van der Waals surface area contributed by atoms with E-state index in [-0.39, 0.29) is 17.7 Å². The van der Waals surface area contributed by atoms with Crippen LogP contribution in [0.1, 0.15) is 44.6 Å². The van der Waals surface area contributed by atoms with Crippen molar-refractivity contribution in [2.75, 3.05) is 18.5 Å². The van der Waals surface area contributed by atoms with Gasteiger partial charge in [-0.05, 0) is 39.3 Å². The number of rotatable bonds is 11. The molecule has 0 fully saturated rings. The van der Waals surface area contributed by atoms with E-state index in [1.54, 1.807) is 18.3 Å². The van der Waals surface area contributed by atoms with Crippen molar-refractivity contribution >= 4 is 11.6 Å². The van der Waals surface area contributed by atoms with Crippen molar-refractivity contribution in [3.8, 4) is 5.75 Å². The van der Waals surface area contributed by atoms with Crippen LogP contribution in [-0.4, -0.2) is 46.5 Å². The lowest BCUT2D eigenvalue weighted by Crippen LogP contribution is -2.24. The minimum atomic E-state index is -0.424. The summed E-state index contributed by atoms with van der Waals surface area (Å²) >= 11 is 0. The molecule has 1 aromatic heterocycles. The van der Waals surface area contributed by atoms with E-state index >= 15 is 0 Å². The van der Waals surface area contributed by atoms with Crippen molar-refractivity contribution < 1.29 is 19.0 Å². The van der Waals surface area contributed by atoms with Crippen LogP contribution in [0.5, 0.6) is 5.75 Å². The van der Waals surface area contributed by atoms with Gasteiger partial charge in [-0.15, -0.1) is 5.10 Å². The van der Waals surface area contributed by atoms with Gasteiger partial charge in [-0.25, -0.2) is 4.68 Å². The normalized spacial score (nSPS) is 12.2. The zero-order chi connectivity index (χ0) is 19.6. The highest BCUT2D eigenvalue weighted by Gasteiger charge is 2.15. The summed E-state index contributed by atoms with van der Waals surface area (Å²) in [7, 11) is 0.